The van der Waals surface area contributed by atoms with Crippen LogP contribution < -0.4 is 39.6 Å². The Hall–Kier alpha value is -1.28. The molecule has 9 heteroatoms. The van der Waals surface area contributed by atoms with Gasteiger partial charge in [0.15, 0.2) is 0 Å². The van der Waals surface area contributed by atoms with Crippen LogP contribution in [0.25, 0.3) is 0 Å². The number of alkyl carbamates (subject to hydrolysis) is 1. The summed E-state index contributed by atoms with van der Waals surface area (Å²) in [6, 6.07) is 5.41. The number of halogens is 1. The number of nitrogens with one attached hydrogen (secondary N) is 1. The average molecular weight is 368 g/mol. The Kier molecular flexibility index (Phi) is 11.5. The Labute approximate surface area is 168 Å². The second-order valence-electron chi connectivity index (χ2n) is 4.46. The zero-order valence-corrected chi connectivity index (χ0v) is 16.6. The van der Waals surface area contributed by atoms with E-state index in [1.165, 1.54) is 6.92 Å². The maximum atomic E-state index is 12.0. The first-order valence-corrected chi connectivity index (χ1v) is 7.34. The molecule has 0 aromatic heterocycles. The topological polar surface area (TPSA) is 90.9 Å². The van der Waals surface area contributed by atoms with Gasteiger partial charge < -0.3 is 21.0 Å². The van der Waals surface area contributed by atoms with E-state index in [2.05, 4.69) is 10.1 Å². The minimum absolute atomic E-state index is 0. The predicted molar refractivity (Wildman–Crippen MR) is 83.4 cm³/mol. The summed E-state index contributed by atoms with van der Waals surface area (Å²) in [6.45, 7) is 2.82. The SMILES string of the molecule is CCC(NC(=O)OCCOC(C)=O)C(=O)Oc1ccc(Cl)cc1.[H-].[Na+]. The molecule has 0 aliphatic carbocycles. The monoisotopic (exact) mass is 367 g/mol. The van der Waals surface area contributed by atoms with Gasteiger partial charge in [0.05, 0.1) is 0 Å². The molecule has 0 bridgehead atoms. The fraction of sp³-hybridized carbons (Fsp3) is 0.400. The normalized spacial score (nSPS) is 10.8. The van der Waals surface area contributed by atoms with Crippen LogP contribution in [0.1, 0.15) is 21.7 Å². The molecule has 1 aromatic rings. The molecule has 0 saturated heterocycles. The van der Waals surface area contributed by atoms with Crippen LogP contribution in [0.4, 0.5) is 4.79 Å². The molecule has 0 aliphatic rings. The van der Waals surface area contributed by atoms with Crippen molar-refractivity contribution in [3.63, 3.8) is 0 Å². The van der Waals surface area contributed by atoms with E-state index in [0.717, 1.165) is 0 Å². The molecule has 1 N–H and O–H groups in total. The van der Waals surface area contributed by atoms with Crippen molar-refractivity contribution in [2.24, 2.45) is 0 Å². The molecular weight excluding hydrogens is 349 g/mol. The number of rotatable bonds is 7. The quantitative estimate of drug-likeness (QED) is 0.300. The Bertz CT molecular complexity index is 557. The van der Waals surface area contributed by atoms with Crippen molar-refractivity contribution >= 4 is 29.6 Å². The summed E-state index contributed by atoms with van der Waals surface area (Å²) >= 11 is 5.74. The maximum absolute atomic E-state index is 12.0. The molecule has 1 rings (SSSR count). The summed E-state index contributed by atoms with van der Waals surface area (Å²) in [7, 11) is 0. The Balaban J connectivity index is 0. The molecule has 0 spiro atoms. The Morgan fingerprint density at radius 3 is 2.29 bits per heavy atom. The maximum Gasteiger partial charge on any atom is 1.00 e. The van der Waals surface area contributed by atoms with Gasteiger partial charge in [0.2, 0.25) is 0 Å². The van der Waals surface area contributed by atoms with Crippen molar-refractivity contribution in [2.75, 3.05) is 13.2 Å². The number of hydrogen-bond acceptors (Lipinski definition) is 6. The number of esters is 2. The standard InChI is InChI=1S/C15H18ClNO6.Na.H/c1-3-13(17-15(20)22-9-8-21-10(2)18)14(19)23-12-6-4-11(16)5-7-12;;/h4-7,13H,3,8-9H2,1-2H3,(H,17,20);;/q;+1;-1. The van der Waals surface area contributed by atoms with Crippen LogP contribution in [0.2, 0.25) is 5.02 Å². The number of carbonyl (C=O) groups excluding carboxylic acids is 3. The number of ether oxygens (including phenoxy) is 3. The van der Waals surface area contributed by atoms with Gasteiger partial charge >= 0.3 is 47.6 Å². The molecule has 0 saturated carbocycles. The molecule has 1 atom stereocenters. The first-order valence-electron chi connectivity index (χ1n) is 6.96. The van der Waals surface area contributed by atoms with Gasteiger partial charge in [-0.3, -0.25) is 4.79 Å². The van der Waals surface area contributed by atoms with Crippen molar-refractivity contribution in [1.82, 2.24) is 5.32 Å². The van der Waals surface area contributed by atoms with Crippen LogP contribution >= 0.6 is 11.6 Å². The molecule has 1 aromatic carbocycles. The number of hydrogen-bond donors (Lipinski definition) is 1. The molecule has 24 heavy (non-hydrogen) atoms. The molecule has 0 radical (unpaired) electrons. The first-order chi connectivity index (χ1) is 10.9. The summed E-state index contributed by atoms with van der Waals surface area (Å²) < 4.78 is 14.5. The largest absolute Gasteiger partial charge is 1.00 e. The zero-order chi connectivity index (χ0) is 17.2. The van der Waals surface area contributed by atoms with Crippen LogP contribution in [0, 0.1) is 0 Å². The number of benzene rings is 1. The second kappa shape index (κ2) is 12.1. The molecular formula is C15H19ClNNaO6. The molecule has 1 unspecified atom stereocenters. The van der Waals surface area contributed by atoms with Crippen molar-refractivity contribution in [1.29, 1.82) is 0 Å². The third-order valence-corrected chi connectivity index (χ3v) is 2.89. The predicted octanol–water partition coefficient (Wildman–Crippen LogP) is -0.570. The van der Waals surface area contributed by atoms with Crippen LogP contribution in [0.5, 0.6) is 5.75 Å². The van der Waals surface area contributed by atoms with E-state index >= 15 is 0 Å². The van der Waals surface area contributed by atoms with Gasteiger partial charge in [-0.05, 0) is 30.7 Å². The number of carbonyl (C=O) groups is 3. The zero-order valence-electron chi connectivity index (χ0n) is 14.8. The van der Waals surface area contributed by atoms with E-state index in [4.69, 9.17) is 21.1 Å². The first kappa shape index (κ1) is 22.7. The van der Waals surface area contributed by atoms with Crippen molar-refractivity contribution < 1.29 is 59.6 Å². The third-order valence-electron chi connectivity index (χ3n) is 2.64. The van der Waals surface area contributed by atoms with Gasteiger partial charge in [0.25, 0.3) is 0 Å². The van der Waals surface area contributed by atoms with E-state index in [1.807, 2.05) is 0 Å². The smallest absolute Gasteiger partial charge is 1.00 e. The third kappa shape index (κ3) is 9.12. The molecule has 1 amide bonds. The van der Waals surface area contributed by atoms with E-state index in [-0.39, 0.29) is 44.2 Å². The minimum Gasteiger partial charge on any atom is -1.00 e. The average Bonchev–Trinajstić information content (AvgIpc) is 2.51. The van der Waals surface area contributed by atoms with Crippen molar-refractivity contribution in [2.45, 2.75) is 26.3 Å². The van der Waals surface area contributed by atoms with Crippen LogP contribution in [-0.2, 0) is 19.1 Å². The van der Waals surface area contributed by atoms with Crippen LogP contribution in [0.3, 0.4) is 0 Å². The van der Waals surface area contributed by atoms with Gasteiger partial charge in [0.1, 0.15) is 25.0 Å². The minimum atomic E-state index is -0.855. The number of amides is 1. The summed E-state index contributed by atoms with van der Waals surface area (Å²) in [4.78, 5) is 34.1. The van der Waals surface area contributed by atoms with E-state index in [9.17, 15) is 14.4 Å². The molecule has 7 nitrogen and oxygen atoms in total. The van der Waals surface area contributed by atoms with Gasteiger partial charge in [-0.15, -0.1) is 0 Å². The Morgan fingerprint density at radius 2 is 1.75 bits per heavy atom. The summed E-state index contributed by atoms with van der Waals surface area (Å²) in [5, 5.41) is 2.90. The van der Waals surface area contributed by atoms with Gasteiger partial charge in [0, 0.05) is 11.9 Å². The molecule has 0 heterocycles. The fourth-order valence-electron chi connectivity index (χ4n) is 1.52. The molecule has 0 fully saturated rings. The molecule has 128 valence electrons. The summed E-state index contributed by atoms with van der Waals surface area (Å²) in [5.41, 5.74) is 0. The van der Waals surface area contributed by atoms with E-state index in [0.29, 0.717) is 17.2 Å². The van der Waals surface area contributed by atoms with Crippen molar-refractivity contribution in [3.8, 4) is 5.75 Å². The summed E-state index contributed by atoms with van der Waals surface area (Å²) in [6.07, 6.45) is -0.470. The van der Waals surface area contributed by atoms with E-state index in [1.54, 1.807) is 31.2 Å². The van der Waals surface area contributed by atoms with Crippen LogP contribution in [-0.4, -0.2) is 37.3 Å². The van der Waals surface area contributed by atoms with Gasteiger partial charge in [-0.2, -0.15) is 0 Å². The van der Waals surface area contributed by atoms with Gasteiger partial charge in [-0.1, -0.05) is 18.5 Å². The summed E-state index contributed by atoms with van der Waals surface area (Å²) in [5.74, 6) is -0.762. The Morgan fingerprint density at radius 1 is 1.17 bits per heavy atom. The second-order valence-corrected chi connectivity index (χ2v) is 4.89. The fourth-order valence-corrected chi connectivity index (χ4v) is 1.65. The molecule has 0 aliphatic heterocycles. The van der Waals surface area contributed by atoms with Crippen molar-refractivity contribution in [3.05, 3.63) is 29.3 Å². The van der Waals surface area contributed by atoms with E-state index < -0.39 is 24.1 Å². The van der Waals surface area contributed by atoms with Gasteiger partial charge in [-0.25, -0.2) is 9.59 Å². The van der Waals surface area contributed by atoms with Crippen LogP contribution in [0.15, 0.2) is 24.3 Å².